The van der Waals surface area contributed by atoms with Gasteiger partial charge in [0.25, 0.3) is 0 Å². The molecule has 0 spiro atoms. The first kappa shape index (κ1) is 26.3. The fraction of sp³-hybridized carbons (Fsp3) is 0.423. The minimum Gasteiger partial charge on any atom is -0.343 e. The summed E-state index contributed by atoms with van der Waals surface area (Å²) in [5, 5.41) is 7.11. The van der Waals surface area contributed by atoms with Gasteiger partial charge in [-0.2, -0.15) is 0 Å². The maximum atomic E-state index is 12.0. The van der Waals surface area contributed by atoms with Crippen molar-refractivity contribution in [2.75, 3.05) is 50.5 Å². The highest BCUT2D eigenvalue weighted by Gasteiger charge is 2.27. The largest absolute Gasteiger partial charge is 0.343 e. The molecule has 3 aromatic rings. The molecule has 11 heteroatoms. The maximum Gasteiger partial charge on any atom is 0.316 e. The van der Waals surface area contributed by atoms with Crippen molar-refractivity contribution in [3.05, 3.63) is 48.3 Å². The van der Waals surface area contributed by atoms with Crippen LogP contribution in [0.4, 0.5) is 21.6 Å². The number of hydrogen-bond donors (Lipinski definition) is 2. The predicted molar refractivity (Wildman–Crippen MR) is 147 cm³/mol. The van der Waals surface area contributed by atoms with Crippen LogP contribution < -0.4 is 15.5 Å². The molecule has 1 fully saturated rings. The summed E-state index contributed by atoms with van der Waals surface area (Å²) in [4.78, 5) is 44.4. The summed E-state index contributed by atoms with van der Waals surface area (Å²) in [5.74, 6) is 1.57. The first-order valence-electron chi connectivity index (χ1n) is 12.4. The van der Waals surface area contributed by atoms with Gasteiger partial charge in [0.2, 0.25) is 5.91 Å². The molecule has 0 radical (unpaired) electrons. The lowest BCUT2D eigenvalue weighted by atomic mass is 10.0. The van der Waals surface area contributed by atoms with Crippen LogP contribution >= 0.6 is 11.3 Å². The van der Waals surface area contributed by atoms with Crippen molar-refractivity contribution < 1.29 is 9.59 Å². The van der Waals surface area contributed by atoms with E-state index in [-0.39, 0.29) is 18.0 Å². The number of carbonyl (C=O) groups is 2. The molecule has 1 aliphatic heterocycles. The van der Waals surface area contributed by atoms with E-state index in [9.17, 15) is 9.59 Å². The zero-order valence-electron chi connectivity index (χ0n) is 21.8. The number of piperidine rings is 1. The van der Waals surface area contributed by atoms with Gasteiger partial charge in [0.15, 0.2) is 5.13 Å². The molecule has 3 amide bonds. The van der Waals surface area contributed by atoms with Gasteiger partial charge in [-0.15, -0.1) is 0 Å². The first-order chi connectivity index (χ1) is 17.8. The maximum absolute atomic E-state index is 12.0. The molecule has 1 aliphatic rings. The van der Waals surface area contributed by atoms with Gasteiger partial charge in [-0.1, -0.05) is 17.4 Å². The van der Waals surface area contributed by atoms with Crippen LogP contribution in [0, 0.1) is 6.92 Å². The lowest BCUT2D eigenvalue weighted by Gasteiger charge is -2.38. The van der Waals surface area contributed by atoms with Gasteiger partial charge in [-0.25, -0.2) is 19.7 Å². The van der Waals surface area contributed by atoms with Gasteiger partial charge in [-0.05, 0) is 49.6 Å². The highest BCUT2D eigenvalue weighted by atomic mass is 32.1. The molecule has 0 aliphatic carbocycles. The van der Waals surface area contributed by atoms with E-state index in [1.54, 1.807) is 38.6 Å². The highest BCUT2D eigenvalue weighted by Crippen LogP contribution is 2.33. The van der Waals surface area contributed by atoms with Crippen molar-refractivity contribution in [3.63, 3.8) is 0 Å². The van der Waals surface area contributed by atoms with Crippen molar-refractivity contribution in [1.82, 2.24) is 30.1 Å². The standard InChI is InChI=1S/C26H34N8O2S/c1-18-8-11-27-24(16-18)31-23-7-5-6-21(30-23)22-17-29-26(37-22)34(15-12-28-25(36)32(3)4)20-9-13-33(14-10-20)19(2)35/h5-8,11,16-17,20H,9-10,12-15H2,1-4H3,(H,28,36)(H,27,30,31). The Morgan fingerprint density at radius 2 is 1.92 bits per heavy atom. The van der Waals surface area contributed by atoms with Crippen LogP contribution in [0.25, 0.3) is 10.6 Å². The van der Waals surface area contributed by atoms with E-state index >= 15 is 0 Å². The Morgan fingerprint density at radius 3 is 2.62 bits per heavy atom. The van der Waals surface area contributed by atoms with Crippen LogP contribution in [0.15, 0.2) is 42.7 Å². The topological polar surface area (TPSA) is 107 Å². The second-order valence-corrected chi connectivity index (χ2v) is 10.3. The Bertz CT molecular complexity index is 1220. The molecule has 4 rings (SSSR count). The average molecular weight is 523 g/mol. The summed E-state index contributed by atoms with van der Waals surface area (Å²) in [6, 6.07) is 9.89. The molecule has 0 unspecified atom stereocenters. The Labute approximate surface area is 221 Å². The minimum atomic E-state index is -0.122. The fourth-order valence-electron chi connectivity index (χ4n) is 4.26. The van der Waals surface area contributed by atoms with Crippen LogP contribution in [-0.2, 0) is 4.79 Å². The smallest absolute Gasteiger partial charge is 0.316 e. The molecule has 0 atom stereocenters. The quantitative estimate of drug-likeness (QED) is 0.464. The molecule has 1 saturated heterocycles. The van der Waals surface area contributed by atoms with Crippen molar-refractivity contribution in [3.8, 4) is 10.6 Å². The minimum absolute atomic E-state index is 0.111. The lowest BCUT2D eigenvalue weighted by molar-refractivity contribution is -0.129. The third-order valence-electron chi connectivity index (χ3n) is 6.30. The zero-order chi connectivity index (χ0) is 26.4. The summed E-state index contributed by atoms with van der Waals surface area (Å²) in [7, 11) is 3.45. The average Bonchev–Trinajstić information content (AvgIpc) is 3.37. The Balaban J connectivity index is 1.51. The van der Waals surface area contributed by atoms with E-state index in [4.69, 9.17) is 9.97 Å². The van der Waals surface area contributed by atoms with E-state index in [2.05, 4.69) is 20.5 Å². The van der Waals surface area contributed by atoms with Crippen molar-refractivity contribution >= 4 is 40.0 Å². The van der Waals surface area contributed by atoms with Crippen molar-refractivity contribution in [2.45, 2.75) is 32.7 Å². The number of hydrogen-bond acceptors (Lipinski definition) is 8. The summed E-state index contributed by atoms with van der Waals surface area (Å²) < 4.78 is 0. The number of anilines is 3. The number of carbonyl (C=O) groups excluding carboxylic acids is 2. The third kappa shape index (κ3) is 6.94. The Morgan fingerprint density at radius 1 is 1.14 bits per heavy atom. The van der Waals surface area contributed by atoms with E-state index in [0.717, 1.165) is 53.0 Å². The second-order valence-electron chi connectivity index (χ2n) is 9.32. The van der Waals surface area contributed by atoms with Crippen LogP contribution in [-0.4, -0.2) is 83.0 Å². The molecule has 2 N–H and O–H groups in total. The van der Waals surface area contributed by atoms with Crippen LogP contribution in [0.1, 0.15) is 25.3 Å². The van der Waals surface area contributed by atoms with Gasteiger partial charge < -0.3 is 25.3 Å². The zero-order valence-corrected chi connectivity index (χ0v) is 22.6. The van der Waals surface area contributed by atoms with E-state index in [1.165, 1.54) is 4.90 Å². The first-order valence-corrected chi connectivity index (χ1v) is 13.2. The van der Waals surface area contributed by atoms with Crippen LogP contribution in [0.3, 0.4) is 0 Å². The number of likely N-dealkylation sites (tertiary alicyclic amines) is 1. The number of aryl methyl sites for hydroxylation is 1. The van der Waals surface area contributed by atoms with Crippen LogP contribution in [0.5, 0.6) is 0 Å². The Hall–Kier alpha value is -3.73. The molecule has 196 valence electrons. The number of urea groups is 1. The van der Waals surface area contributed by atoms with E-state index in [0.29, 0.717) is 18.9 Å². The predicted octanol–water partition coefficient (Wildman–Crippen LogP) is 3.74. The van der Waals surface area contributed by atoms with Crippen molar-refractivity contribution in [1.29, 1.82) is 0 Å². The molecular formula is C26H34N8O2S. The Kier molecular flexibility index (Phi) is 8.54. The van der Waals surface area contributed by atoms with Gasteiger partial charge in [0.05, 0.1) is 10.6 Å². The summed E-state index contributed by atoms with van der Waals surface area (Å²) in [5.41, 5.74) is 1.95. The van der Waals surface area contributed by atoms with Gasteiger partial charge in [0.1, 0.15) is 11.6 Å². The molecule has 0 saturated carbocycles. The second kappa shape index (κ2) is 12.0. The molecule has 10 nitrogen and oxygen atoms in total. The molecule has 4 heterocycles. The SMILES string of the molecule is CC(=O)N1CCC(N(CCNC(=O)N(C)C)c2ncc(-c3cccc(Nc4cc(C)ccn4)n3)s2)CC1. The lowest BCUT2D eigenvalue weighted by Crippen LogP contribution is -2.49. The molecule has 0 aromatic carbocycles. The highest BCUT2D eigenvalue weighted by molar-refractivity contribution is 7.18. The molecular weight excluding hydrogens is 488 g/mol. The van der Waals surface area contributed by atoms with E-state index in [1.807, 2.05) is 48.4 Å². The van der Waals surface area contributed by atoms with Gasteiger partial charge in [0, 0.05) is 65.6 Å². The summed E-state index contributed by atoms with van der Waals surface area (Å²) >= 11 is 1.58. The van der Waals surface area contributed by atoms with Gasteiger partial charge >= 0.3 is 6.03 Å². The summed E-state index contributed by atoms with van der Waals surface area (Å²) in [6.45, 7) is 6.22. The summed E-state index contributed by atoms with van der Waals surface area (Å²) in [6.07, 6.45) is 5.34. The number of aromatic nitrogens is 3. The normalized spacial score (nSPS) is 13.8. The number of pyridine rings is 2. The van der Waals surface area contributed by atoms with E-state index < -0.39 is 0 Å². The van der Waals surface area contributed by atoms with Gasteiger partial charge in [-0.3, -0.25) is 4.79 Å². The third-order valence-corrected chi connectivity index (χ3v) is 7.35. The molecule has 37 heavy (non-hydrogen) atoms. The van der Waals surface area contributed by atoms with Crippen molar-refractivity contribution in [2.24, 2.45) is 0 Å². The monoisotopic (exact) mass is 522 g/mol. The molecule has 3 aromatic heterocycles. The number of nitrogens with one attached hydrogen (secondary N) is 2. The molecule has 0 bridgehead atoms. The number of nitrogens with zero attached hydrogens (tertiary/aromatic N) is 6. The number of amides is 3. The number of thiazole rings is 1. The fourth-order valence-corrected chi connectivity index (χ4v) is 5.25. The van der Waals surface area contributed by atoms with Crippen LogP contribution in [0.2, 0.25) is 0 Å². The number of rotatable bonds is 8.